The minimum Gasteiger partial charge on any atom is -0.393 e. The Balaban J connectivity index is 1.66. The van der Waals surface area contributed by atoms with Gasteiger partial charge in [-0.3, -0.25) is 0 Å². The summed E-state index contributed by atoms with van der Waals surface area (Å²) < 4.78 is 5.40. The number of unbranched alkanes of at least 4 members (excludes halogenated alkanes) is 7. The van der Waals surface area contributed by atoms with E-state index in [9.17, 15) is 0 Å². The summed E-state index contributed by atoms with van der Waals surface area (Å²) >= 11 is 0. The molecule has 0 saturated carbocycles. The van der Waals surface area contributed by atoms with Gasteiger partial charge in [-0.2, -0.15) is 0 Å². The second-order valence-electron chi connectivity index (χ2n) is 5.54. The summed E-state index contributed by atoms with van der Waals surface area (Å²) in [6.45, 7) is 2.88. The van der Waals surface area contributed by atoms with Crippen LogP contribution in [0.4, 0.5) is 0 Å². The van der Waals surface area contributed by atoms with Crippen LogP contribution in [-0.4, -0.2) is 23.9 Å². The maximum absolute atomic E-state index is 9.11. The van der Waals surface area contributed by atoms with Gasteiger partial charge in [-0.15, -0.1) is 0 Å². The molecular weight excluding hydrogens is 212 g/mol. The van der Waals surface area contributed by atoms with Crippen molar-refractivity contribution in [3.05, 3.63) is 0 Å². The van der Waals surface area contributed by atoms with Gasteiger partial charge in [-0.1, -0.05) is 51.4 Å². The Morgan fingerprint density at radius 2 is 1.53 bits per heavy atom. The van der Waals surface area contributed by atoms with E-state index in [0.29, 0.717) is 6.10 Å². The Labute approximate surface area is 107 Å². The zero-order valence-corrected chi connectivity index (χ0v) is 11.5. The number of rotatable bonds is 11. The first kappa shape index (κ1) is 15.0. The van der Waals surface area contributed by atoms with Crippen molar-refractivity contribution < 1.29 is 9.84 Å². The SMILES string of the molecule is CC(O)CCCCCCCCCCC1CCO1. The van der Waals surface area contributed by atoms with Crippen LogP contribution >= 0.6 is 0 Å². The largest absolute Gasteiger partial charge is 0.393 e. The summed E-state index contributed by atoms with van der Waals surface area (Å²) in [5, 5.41) is 9.11. The fraction of sp³-hybridized carbons (Fsp3) is 1.00. The molecule has 1 aliphatic heterocycles. The van der Waals surface area contributed by atoms with Gasteiger partial charge in [0.25, 0.3) is 0 Å². The number of aliphatic hydroxyl groups is 1. The van der Waals surface area contributed by atoms with Crippen LogP contribution in [0.25, 0.3) is 0 Å². The van der Waals surface area contributed by atoms with Gasteiger partial charge in [-0.05, 0) is 26.2 Å². The number of aliphatic hydroxyl groups excluding tert-OH is 1. The highest BCUT2D eigenvalue weighted by Crippen LogP contribution is 2.18. The predicted molar refractivity (Wildman–Crippen MR) is 72.2 cm³/mol. The molecule has 1 fully saturated rings. The van der Waals surface area contributed by atoms with E-state index in [1.54, 1.807) is 0 Å². The third-order valence-corrected chi connectivity index (χ3v) is 3.69. The monoisotopic (exact) mass is 242 g/mol. The molecule has 1 N–H and O–H groups in total. The summed E-state index contributed by atoms with van der Waals surface area (Å²) in [6, 6.07) is 0. The third-order valence-electron chi connectivity index (χ3n) is 3.69. The molecule has 0 bridgehead atoms. The summed E-state index contributed by atoms with van der Waals surface area (Å²) in [5.41, 5.74) is 0. The Morgan fingerprint density at radius 1 is 1.00 bits per heavy atom. The lowest BCUT2D eigenvalue weighted by atomic mass is 10.0. The van der Waals surface area contributed by atoms with Crippen LogP contribution in [0, 0.1) is 0 Å². The van der Waals surface area contributed by atoms with Crippen molar-refractivity contribution in [2.24, 2.45) is 0 Å². The maximum atomic E-state index is 9.11. The topological polar surface area (TPSA) is 29.5 Å². The van der Waals surface area contributed by atoms with Gasteiger partial charge in [-0.25, -0.2) is 0 Å². The minimum atomic E-state index is -0.108. The van der Waals surface area contributed by atoms with E-state index >= 15 is 0 Å². The molecule has 2 heteroatoms. The molecule has 0 spiro atoms. The highest BCUT2D eigenvalue weighted by molar-refractivity contribution is 4.65. The average molecular weight is 242 g/mol. The van der Waals surface area contributed by atoms with Crippen molar-refractivity contribution in [3.63, 3.8) is 0 Å². The first-order valence-electron chi connectivity index (χ1n) is 7.58. The Hall–Kier alpha value is -0.0800. The van der Waals surface area contributed by atoms with E-state index in [2.05, 4.69) is 0 Å². The van der Waals surface area contributed by atoms with Gasteiger partial charge in [0.2, 0.25) is 0 Å². The number of hydrogen-bond donors (Lipinski definition) is 1. The molecule has 0 radical (unpaired) electrons. The maximum Gasteiger partial charge on any atom is 0.0597 e. The zero-order valence-electron chi connectivity index (χ0n) is 11.5. The number of hydrogen-bond acceptors (Lipinski definition) is 2. The van der Waals surface area contributed by atoms with Crippen molar-refractivity contribution in [2.45, 2.75) is 89.8 Å². The minimum absolute atomic E-state index is 0.108. The van der Waals surface area contributed by atoms with Crippen LogP contribution in [-0.2, 0) is 4.74 Å². The zero-order chi connectivity index (χ0) is 12.3. The first-order chi connectivity index (χ1) is 8.29. The van der Waals surface area contributed by atoms with E-state index in [0.717, 1.165) is 13.0 Å². The van der Waals surface area contributed by atoms with Gasteiger partial charge in [0, 0.05) is 6.61 Å². The molecule has 1 aliphatic rings. The standard InChI is InChI=1S/C15H30O2/c1-14(16)10-8-6-4-2-3-5-7-9-11-15-12-13-17-15/h14-16H,2-13H2,1H3. The molecule has 2 atom stereocenters. The van der Waals surface area contributed by atoms with Crippen LogP contribution in [0.2, 0.25) is 0 Å². The molecule has 17 heavy (non-hydrogen) atoms. The summed E-state index contributed by atoms with van der Waals surface area (Å²) in [7, 11) is 0. The summed E-state index contributed by atoms with van der Waals surface area (Å²) in [4.78, 5) is 0. The molecule has 1 heterocycles. The van der Waals surface area contributed by atoms with Crippen molar-refractivity contribution in [1.29, 1.82) is 0 Å². The Morgan fingerprint density at radius 3 is 2.00 bits per heavy atom. The van der Waals surface area contributed by atoms with E-state index in [-0.39, 0.29) is 6.10 Å². The molecule has 2 nitrogen and oxygen atoms in total. The van der Waals surface area contributed by atoms with Crippen molar-refractivity contribution >= 4 is 0 Å². The highest BCUT2D eigenvalue weighted by Gasteiger charge is 2.16. The summed E-state index contributed by atoms with van der Waals surface area (Å²) in [5.74, 6) is 0. The molecule has 1 saturated heterocycles. The van der Waals surface area contributed by atoms with Crippen LogP contribution in [0.1, 0.15) is 77.6 Å². The predicted octanol–water partition coefficient (Wildman–Crippen LogP) is 4.06. The van der Waals surface area contributed by atoms with Gasteiger partial charge in [0.1, 0.15) is 0 Å². The highest BCUT2D eigenvalue weighted by atomic mass is 16.5. The van der Waals surface area contributed by atoms with Gasteiger partial charge in [0.05, 0.1) is 12.2 Å². The van der Waals surface area contributed by atoms with E-state index in [1.807, 2.05) is 6.92 Å². The number of ether oxygens (including phenoxy) is 1. The average Bonchev–Trinajstić information content (AvgIpc) is 2.23. The van der Waals surface area contributed by atoms with E-state index < -0.39 is 0 Å². The van der Waals surface area contributed by atoms with Crippen LogP contribution in [0.5, 0.6) is 0 Å². The third kappa shape index (κ3) is 8.62. The molecule has 0 aliphatic carbocycles. The van der Waals surface area contributed by atoms with Crippen LogP contribution in [0.15, 0.2) is 0 Å². The van der Waals surface area contributed by atoms with Gasteiger partial charge in [0.15, 0.2) is 0 Å². The van der Waals surface area contributed by atoms with E-state index in [1.165, 1.54) is 64.2 Å². The van der Waals surface area contributed by atoms with Crippen molar-refractivity contribution in [3.8, 4) is 0 Å². The molecule has 0 amide bonds. The molecule has 2 unspecified atom stereocenters. The van der Waals surface area contributed by atoms with Crippen LogP contribution < -0.4 is 0 Å². The molecular formula is C15H30O2. The Kier molecular flexibility index (Phi) is 8.72. The van der Waals surface area contributed by atoms with Crippen LogP contribution in [0.3, 0.4) is 0 Å². The second kappa shape index (κ2) is 9.90. The first-order valence-corrected chi connectivity index (χ1v) is 7.58. The molecule has 0 aromatic heterocycles. The van der Waals surface area contributed by atoms with Gasteiger partial charge < -0.3 is 9.84 Å². The smallest absolute Gasteiger partial charge is 0.0597 e. The fourth-order valence-electron chi connectivity index (χ4n) is 2.38. The lowest BCUT2D eigenvalue weighted by Crippen LogP contribution is -2.26. The molecule has 1 rings (SSSR count). The lowest BCUT2D eigenvalue weighted by Gasteiger charge is -2.26. The normalized spacial score (nSPS) is 21.2. The van der Waals surface area contributed by atoms with E-state index in [4.69, 9.17) is 9.84 Å². The van der Waals surface area contributed by atoms with Crippen molar-refractivity contribution in [1.82, 2.24) is 0 Å². The molecule has 0 aromatic rings. The summed E-state index contributed by atoms with van der Waals surface area (Å²) in [6.07, 6.45) is 14.8. The van der Waals surface area contributed by atoms with Crippen molar-refractivity contribution in [2.75, 3.05) is 6.61 Å². The molecule has 102 valence electrons. The van der Waals surface area contributed by atoms with Gasteiger partial charge >= 0.3 is 0 Å². The fourth-order valence-corrected chi connectivity index (χ4v) is 2.38. The molecule has 0 aromatic carbocycles. The quantitative estimate of drug-likeness (QED) is 0.554. The second-order valence-corrected chi connectivity index (χ2v) is 5.54. The lowest BCUT2D eigenvalue weighted by molar-refractivity contribution is -0.0555. The Bertz CT molecular complexity index is 164.